The Morgan fingerprint density at radius 3 is 2.80 bits per heavy atom. The van der Waals surface area contributed by atoms with Crippen LogP contribution < -0.4 is 10.2 Å². The Hall–Kier alpha value is -1.88. The lowest BCUT2D eigenvalue weighted by molar-refractivity contribution is 0.321. The Balaban J connectivity index is 1.54. The first-order valence-corrected chi connectivity index (χ1v) is 7.29. The number of aromatic nitrogens is 2. The van der Waals surface area contributed by atoms with Gasteiger partial charge in [-0.05, 0) is 35.5 Å². The molecule has 4 rings (SSSR count). The number of benzene rings is 1. The lowest BCUT2D eigenvalue weighted by Gasteiger charge is -2.23. The van der Waals surface area contributed by atoms with Crippen molar-refractivity contribution in [3.63, 3.8) is 0 Å². The topological polar surface area (TPSA) is 54.2 Å². The number of hydrogen-bond acceptors (Lipinski definition) is 5. The quantitative estimate of drug-likeness (QED) is 0.905. The largest absolute Gasteiger partial charge is 0.338 e. The van der Waals surface area contributed by atoms with E-state index in [2.05, 4.69) is 44.6 Å². The molecule has 0 saturated carbocycles. The second-order valence-electron chi connectivity index (χ2n) is 5.53. The van der Waals surface area contributed by atoms with Gasteiger partial charge >= 0.3 is 0 Å². The van der Waals surface area contributed by atoms with Crippen LogP contribution in [-0.4, -0.2) is 23.2 Å². The molecule has 0 radical (unpaired) electrons. The van der Waals surface area contributed by atoms with Gasteiger partial charge in [-0.3, -0.25) is 0 Å². The van der Waals surface area contributed by atoms with Gasteiger partial charge in [-0.25, -0.2) is 0 Å². The van der Waals surface area contributed by atoms with E-state index in [1.807, 2.05) is 0 Å². The molecule has 1 atom stereocenters. The standard InChI is InChI=1S/C15H18N4O/c1-2-6-12-10-16-13(9-11(12)5-1)14-17-15(18-20-14)19-7-3-4-8-19/h1-2,5-6,13,16H,3-4,7-10H2. The first-order chi connectivity index (χ1) is 9.90. The fourth-order valence-electron chi connectivity index (χ4n) is 3.04. The Kier molecular flexibility index (Phi) is 2.92. The average Bonchev–Trinajstić information content (AvgIpc) is 3.17. The lowest BCUT2D eigenvalue weighted by atomic mass is 9.96. The Morgan fingerprint density at radius 1 is 1.15 bits per heavy atom. The third-order valence-electron chi connectivity index (χ3n) is 4.20. The smallest absolute Gasteiger partial charge is 0.266 e. The number of rotatable bonds is 2. The molecule has 2 aliphatic heterocycles. The molecule has 0 spiro atoms. The number of anilines is 1. The van der Waals surface area contributed by atoms with Crippen molar-refractivity contribution in [2.75, 3.05) is 18.0 Å². The molecular formula is C15H18N4O. The number of hydrogen-bond donors (Lipinski definition) is 1. The molecule has 1 fully saturated rings. The molecule has 0 bridgehead atoms. The predicted octanol–water partition coefficient (Wildman–Crippen LogP) is 2.06. The fourth-order valence-corrected chi connectivity index (χ4v) is 3.04. The average molecular weight is 270 g/mol. The maximum Gasteiger partial charge on any atom is 0.266 e. The molecule has 1 N–H and O–H groups in total. The van der Waals surface area contributed by atoms with Crippen LogP contribution in [-0.2, 0) is 13.0 Å². The molecule has 1 unspecified atom stereocenters. The maximum absolute atomic E-state index is 5.47. The second kappa shape index (κ2) is 4.90. The summed E-state index contributed by atoms with van der Waals surface area (Å²) < 4.78 is 5.47. The van der Waals surface area contributed by atoms with Crippen LogP contribution in [0, 0.1) is 0 Å². The number of fused-ring (bicyclic) bond motifs is 1. The molecular weight excluding hydrogens is 252 g/mol. The molecule has 5 nitrogen and oxygen atoms in total. The summed E-state index contributed by atoms with van der Waals surface area (Å²) in [6, 6.07) is 8.65. The van der Waals surface area contributed by atoms with Crippen LogP contribution in [0.5, 0.6) is 0 Å². The first kappa shape index (κ1) is 11.9. The van der Waals surface area contributed by atoms with E-state index >= 15 is 0 Å². The molecule has 104 valence electrons. The van der Waals surface area contributed by atoms with Gasteiger partial charge in [-0.15, -0.1) is 0 Å². The van der Waals surface area contributed by atoms with Crippen molar-refractivity contribution in [2.45, 2.75) is 31.8 Å². The molecule has 1 saturated heterocycles. The molecule has 0 amide bonds. The summed E-state index contributed by atoms with van der Waals surface area (Å²) >= 11 is 0. The highest BCUT2D eigenvalue weighted by atomic mass is 16.5. The highest BCUT2D eigenvalue weighted by Crippen LogP contribution is 2.26. The molecule has 1 aromatic heterocycles. The van der Waals surface area contributed by atoms with E-state index in [1.165, 1.54) is 24.0 Å². The Labute approximate surface area is 118 Å². The van der Waals surface area contributed by atoms with Crippen LogP contribution in [0.2, 0.25) is 0 Å². The van der Waals surface area contributed by atoms with Crippen molar-refractivity contribution in [2.24, 2.45) is 0 Å². The summed E-state index contributed by atoms with van der Waals surface area (Å²) in [5, 5.41) is 7.61. The van der Waals surface area contributed by atoms with E-state index in [0.29, 0.717) is 5.89 Å². The summed E-state index contributed by atoms with van der Waals surface area (Å²) in [6.07, 6.45) is 3.36. The first-order valence-electron chi connectivity index (χ1n) is 7.29. The molecule has 5 heteroatoms. The third kappa shape index (κ3) is 2.08. The monoisotopic (exact) mass is 270 g/mol. The van der Waals surface area contributed by atoms with E-state index in [1.54, 1.807) is 0 Å². The zero-order valence-electron chi connectivity index (χ0n) is 11.4. The number of nitrogens with one attached hydrogen (secondary N) is 1. The minimum absolute atomic E-state index is 0.133. The summed E-state index contributed by atoms with van der Waals surface area (Å²) in [7, 11) is 0. The predicted molar refractivity (Wildman–Crippen MR) is 75.5 cm³/mol. The van der Waals surface area contributed by atoms with Crippen LogP contribution in [0.15, 0.2) is 28.8 Å². The summed E-state index contributed by atoms with van der Waals surface area (Å²) in [6.45, 7) is 2.95. The van der Waals surface area contributed by atoms with E-state index in [-0.39, 0.29) is 6.04 Å². The van der Waals surface area contributed by atoms with Gasteiger partial charge in [0.15, 0.2) is 0 Å². The van der Waals surface area contributed by atoms with Gasteiger partial charge in [0.05, 0.1) is 6.04 Å². The minimum Gasteiger partial charge on any atom is -0.338 e. The SMILES string of the molecule is c1ccc2c(c1)CNC(c1nc(N3CCCC3)no1)C2. The van der Waals surface area contributed by atoms with Crippen molar-refractivity contribution < 1.29 is 4.52 Å². The van der Waals surface area contributed by atoms with Crippen molar-refractivity contribution in [1.82, 2.24) is 15.5 Å². The van der Waals surface area contributed by atoms with Gasteiger partial charge in [-0.2, -0.15) is 4.98 Å². The van der Waals surface area contributed by atoms with Gasteiger partial charge in [0.1, 0.15) is 0 Å². The van der Waals surface area contributed by atoms with Crippen LogP contribution in [0.25, 0.3) is 0 Å². The summed E-state index contributed by atoms with van der Waals surface area (Å²) in [4.78, 5) is 6.77. The fraction of sp³-hybridized carbons (Fsp3) is 0.467. The molecule has 1 aromatic carbocycles. The third-order valence-corrected chi connectivity index (χ3v) is 4.20. The highest BCUT2D eigenvalue weighted by Gasteiger charge is 2.26. The normalized spacial score (nSPS) is 22.0. The van der Waals surface area contributed by atoms with Crippen LogP contribution in [0.1, 0.15) is 35.9 Å². The second-order valence-corrected chi connectivity index (χ2v) is 5.53. The molecule has 0 aliphatic carbocycles. The van der Waals surface area contributed by atoms with Gasteiger partial charge in [0.2, 0.25) is 5.89 Å². The number of nitrogens with zero attached hydrogens (tertiary/aromatic N) is 3. The zero-order chi connectivity index (χ0) is 13.4. The Morgan fingerprint density at radius 2 is 1.95 bits per heavy atom. The maximum atomic E-state index is 5.47. The van der Waals surface area contributed by atoms with Crippen molar-refractivity contribution >= 4 is 5.95 Å². The van der Waals surface area contributed by atoms with E-state index < -0.39 is 0 Å². The lowest BCUT2D eigenvalue weighted by Crippen LogP contribution is -2.28. The highest BCUT2D eigenvalue weighted by molar-refractivity contribution is 5.32. The molecule has 3 heterocycles. The molecule has 2 aromatic rings. The van der Waals surface area contributed by atoms with Crippen molar-refractivity contribution in [3.05, 3.63) is 41.3 Å². The summed E-state index contributed by atoms with van der Waals surface area (Å²) in [5.74, 6) is 1.46. The van der Waals surface area contributed by atoms with Crippen molar-refractivity contribution in [3.8, 4) is 0 Å². The van der Waals surface area contributed by atoms with E-state index in [0.717, 1.165) is 32.0 Å². The van der Waals surface area contributed by atoms with Crippen LogP contribution >= 0.6 is 0 Å². The molecule has 20 heavy (non-hydrogen) atoms. The van der Waals surface area contributed by atoms with Crippen LogP contribution in [0.4, 0.5) is 5.95 Å². The van der Waals surface area contributed by atoms with Crippen LogP contribution in [0.3, 0.4) is 0 Å². The van der Waals surface area contributed by atoms with E-state index in [4.69, 9.17) is 4.52 Å². The van der Waals surface area contributed by atoms with E-state index in [9.17, 15) is 0 Å². The van der Waals surface area contributed by atoms with Gasteiger partial charge < -0.3 is 14.7 Å². The minimum atomic E-state index is 0.133. The zero-order valence-corrected chi connectivity index (χ0v) is 11.4. The molecule has 2 aliphatic rings. The Bertz CT molecular complexity index is 603. The van der Waals surface area contributed by atoms with Crippen molar-refractivity contribution in [1.29, 1.82) is 0 Å². The summed E-state index contributed by atoms with van der Waals surface area (Å²) in [5.41, 5.74) is 2.74. The van der Waals surface area contributed by atoms with Gasteiger partial charge in [0, 0.05) is 19.6 Å². The van der Waals surface area contributed by atoms with Gasteiger partial charge in [0.25, 0.3) is 5.95 Å². The van der Waals surface area contributed by atoms with Gasteiger partial charge in [-0.1, -0.05) is 24.3 Å².